The number of carbonyl (C=O) groups is 1. The molecular weight excluding hydrogens is 347 g/mol. The molecule has 1 amide bonds. The summed E-state index contributed by atoms with van der Waals surface area (Å²) in [6.07, 6.45) is 0. The van der Waals surface area contributed by atoms with Crippen molar-refractivity contribution in [3.63, 3.8) is 0 Å². The number of methoxy groups -OCH3 is 1. The minimum atomic E-state index is -3.88. The Labute approximate surface area is 146 Å². The molecule has 0 fully saturated rings. The van der Waals surface area contributed by atoms with Crippen LogP contribution in [0.1, 0.15) is 6.92 Å². The van der Waals surface area contributed by atoms with Crippen molar-refractivity contribution in [2.45, 2.75) is 11.8 Å². The van der Waals surface area contributed by atoms with Gasteiger partial charge < -0.3 is 10.1 Å². The predicted octanol–water partition coefficient (Wildman–Crippen LogP) is 2.48. The number of nitrogens with one attached hydrogen (secondary N) is 1. The smallest absolute Gasteiger partial charge is 0.243 e. The fourth-order valence-corrected chi connectivity index (χ4v) is 3.56. The van der Waals surface area contributed by atoms with Crippen molar-refractivity contribution in [3.05, 3.63) is 54.3 Å². The van der Waals surface area contributed by atoms with Crippen LogP contribution >= 0.6 is 0 Å². The average Bonchev–Trinajstić information content (AvgIpc) is 2.60. The van der Waals surface area contributed by atoms with Gasteiger partial charge in [-0.25, -0.2) is 12.8 Å². The second kappa shape index (κ2) is 8.09. The zero-order chi connectivity index (χ0) is 18.4. The zero-order valence-electron chi connectivity index (χ0n) is 13.9. The van der Waals surface area contributed by atoms with Crippen LogP contribution in [0.3, 0.4) is 0 Å². The third-order valence-corrected chi connectivity index (χ3v) is 5.43. The fourth-order valence-electron chi connectivity index (χ4n) is 2.16. The Hall–Kier alpha value is -2.45. The maximum atomic E-state index is 13.0. The minimum Gasteiger partial charge on any atom is -0.497 e. The lowest BCUT2D eigenvalue weighted by Gasteiger charge is -2.20. The molecule has 2 aromatic rings. The molecule has 0 atom stereocenters. The summed E-state index contributed by atoms with van der Waals surface area (Å²) in [5.74, 6) is -0.357. The number of carbonyl (C=O) groups excluding carboxylic acids is 1. The molecule has 0 aromatic heterocycles. The van der Waals surface area contributed by atoms with Crippen LogP contribution in [-0.2, 0) is 14.8 Å². The summed E-state index contributed by atoms with van der Waals surface area (Å²) in [4.78, 5) is 12.1. The van der Waals surface area contributed by atoms with Crippen molar-refractivity contribution < 1.29 is 22.3 Å². The van der Waals surface area contributed by atoms with Crippen LogP contribution in [0, 0.1) is 5.82 Å². The van der Waals surface area contributed by atoms with E-state index in [1.54, 1.807) is 31.2 Å². The van der Waals surface area contributed by atoms with Crippen molar-refractivity contribution in [2.24, 2.45) is 0 Å². The van der Waals surface area contributed by atoms with Gasteiger partial charge in [0.25, 0.3) is 0 Å². The SMILES string of the molecule is CCN(CC(=O)Nc1ccc(OC)cc1)S(=O)(=O)c1ccc(F)cc1. The van der Waals surface area contributed by atoms with E-state index in [4.69, 9.17) is 4.74 Å². The van der Waals surface area contributed by atoms with Gasteiger partial charge in [-0.3, -0.25) is 4.79 Å². The number of sulfonamides is 1. The fraction of sp³-hybridized carbons (Fsp3) is 0.235. The van der Waals surface area contributed by atoms with Crippen LogP contribution in [-0.4, -0.2) is 38.8 Å². The monoisotopic (exact) mass is 366 g/mol. The molecule has 8 heteroatoms. The van der Waals surface area contributed by atoms with E-state index in [2.05, 4.69) is 5.32 Å². The van der Waals surface area contributed by atoms with Crippen molar-refractivity contribution in [1.29, 1.82) is 0 Å². The molecule has 134 valence electrons. The molecule has 1 N–H and O–H groups in total. The number of nitrogens with zero attached hydrogens (tertiary/aromatic N) is 1. The molecule has 0 radical (unpaired) electrons. The number of ether oxygens (including phenoxy) is 1. The van der Waals surface area contributed by atoms with Crippen molar-refractivity contribution in [3.8, 4) is 5.75 Å². The van der Waals surface area contributed by atoms with Gasteiger partial charge in [0.1, 0.15) is 11.6 Å². The molecule has 2 aromatic carbocycles. The number of hydrogen-bond donors (Lipinski definition) is 1. The molecule has 0 heterocycles. The highest BCUT2D eigenvalue weighted by Crippen LogP contribution is 2.17. The van der Waals surface area contributed by atoms with Gasteiger partial charge in [0, 0.05) is 12.2 Å². The van der Waals surface area contributed by atoms with Gasteiger partial charge in [0.2, 0.25) is 15.9 Å². The van der Waals surface area contributed by atoms with Crippen LogP contribution in [0.2, 0.25) is 0 Å². The van der Waals surface area contributed by atoms with Gasteiger partial charge in [-0.1, -0.05) is 6.92 Å². The molecule has 0 unspecified atom stereocenters. The van der Waals surface area contributed by atoms with Crippen LogP contribution in [0.25, 0.3) is 0 Å². The normalized spacial score (nSPS) is 11.4. The molecule has 0 aliphatic rings. The van der Waals surface area contributed by atoms with Crippen LogP contribution in [0.5, 0.6) is 5.75 Å². The summed E-state index contributed by atoms with van der Waals surface area (Å²) >= 11 is 0. The van der Waals surface area contributed by atoms with E-state index in [0.29, 0.717) is 11.4 Å². The van der Waals surface area contributed by atoms with Gasteiger partial charge in [-0.05, 0) is 48.5 Å². The Kier molecular flexibility index (Phi) is 6.11. The minimum absolute atomic E-state index is 0.0620. The number of hydrogen-bond acceptors (Lipinski definition) is 4. The topological polar surface area (TPSA) is 75.7 Å². The first kappa shape index (κ1) is 18.9. The standard InChI is InChI=1S/C17H19FN2O4S/c1-3-20(25(22,23)16-10-4-13(18)5-11-16)12-17(21)19-14-6-8-15(24-2)9-7-14/h4-11H,3,12H2,1-2H3,(H,19,21). The van der Waals surface area contributed by atoms with Crippen LogP contribution in [0.15, 0.2) is 53.4 Å². The molecule has 2 rings (SSSR count). The first-order valence-corrected chi connectivity index (χ1v) is 9.00. The Morgan fingerprint density at radius 3 is 2.24 bits per heavy atom. The maximum Gasteiger partial charge on any atom is 0.243 e. The van der Waals surface area contributed by atoms with Gasteiger partial charge in [0.15, 0.2) is 0 Å². The molecule has 0 aliphatic carbocycles. The summed E-state index contributed by atoms with van der Waals surface area (Å²) < 4.78 is 44.1. The van der Waals surface area contributed by atoms with Gasteiger partial charge in [-0.2, -0.15) is 4.31 Å². The third-order valence-electron chi connectivity index (χ3n) is 3.50. The molecule has 0 aliphatic heterocycles. The highest BCUT2D eigenvalue weighted by atomic mass is 32.2. The summed E-state index contributed by atoms with van der Waals surface area (Å²) in [6, 6.07) is 11.2. The predicted molar refractivity (Wildman–Crippen MR) is 92.5 cm³/mol. The summed E-state index contributed by atoms with van der Waals surface area (Å²) in [7, 11) is -2.35. The van der Waals surface area contributed by atoms with Crippen LogP contribution < -0.4 is 10.1 Å². The number of rotatable bonds is 7. The lowest BCUT2D eigenvalue weighted by Crippen LogP contribution is -2.37. The van der Waals surface area contributed by atoms with Gasteiger partial charge in [0.05, 0.1) is 18.6 Å². The van der Waals surface area contributed by atoms with Crippen molar-refractivity contribution in [1.82, 2.24) is 4.31 Å². The number of anilines is 1. The van der Waals surface area contributed by atoms with Crippen LogP contribution in [0.4, 0.5) is 10.1 Å². The van der Waals surface area contributed by atoms with Gasteiger partial charge >= 0.3 is 0 Å². The Balaban J connectivity index is 2.09. The number of likely N-dealkylation sites (N-methyl/N-ethyl adjacent to an activating group) is 1. The van der Waals surface area contributed by atoms with E-state index in [0.717, 1.165) is 16.4 Å². The van der Waals surface area contributed by atoms with Crippen molar-refractivity contribution >= 4 is 21.6 Å². The van der Waals surface area contributed by atoms with Gasteiger partial charge in [-0.15, -0.1) is 0 Å². The van der Waals surface area contributed by atoms with E-state index in [1.165, 1.54) is 19.2 Å². The maximum absolute atomic E-state index is 13.0. The number of amides is 1. The van der Waals surface area contributed by atoms with E-state index >= 15 is 0 Å². The summed E-state index contributed by atoms with van der Waals surface area (Å²) in [5, 5.41) is 2.63. The second-order valence-electron chi connectivity index (χ2n) is 5.16. The Bertz CT molecular complexity index is 821. The highest BCUT2D eigenvalue weighted by Gasteiger charge is 2.25. The summed E-state index contributed by atoms with van der Waals surface area (Å²) in [6.45, 7) is 1.39. The lowest BCUT2D eigenvalue weighted by molar-refractivity contribution is -0.116. The molecule has 0 spiro atoms. The zero-order valence-corrected chi connectivity index (χ0v) is 14.7. The molecule has 0 saturated carbocycles. The van der Waals surface area contributed by atoms with E-state index in [-0.39, 0.29) is 18.0 Å². The van der Waals surface area contributed by atoms with Crippen molar-refractivity contribution in [2.75, 3.05) is 25.5 Å². The van der Waals surface area contributed by atoms with E-state index in [1.807, 2.05) is 0 Å². The summed E-state index contributed by atoms with van der Waals surface area (Å²) in [5.41, 5.74) is 0.529. The quantitative estimate of drug-likeness (QED) is 0.817. The first-order valence-electron chi connectivity index (χ1n) is 7.56. The first-order chi connectivity index (χ1) is 11.9. The Morgan fingerprint density at radius 1 is 1.12 bits per heavy atom. The van der Waals surface area contributed by atoms with E-state index in [9.17, 15) is 17.6 Å². The largest absolute Gasteiger partial charge is 0.497 e. The van der Waals surface area contributed by atoms with E-state index < -0.39 is 21.7 Å². The number of halogens is 1. The Morgan fingerprint density at radius 2 is 1.72 bits per heavy atom. The number of benzene rings is 2. The third kappa shape index (κ3) is 4.77. The lowest BCUT2D eigenvalue weighted by atomic mass is 10.3. The molecule has 0 bridgehead atoms. The molecule has 25 heavy (non-hydrogen) atoms. The average molecular weight is 366 g/mol. The molecule has 0 saturated heterocycles. The molecule has 6 nitrogen and oxygen atoms in total. The molecular formula is C17H19FN2O4S. The highest BCUT2D eigenvalue weighted by molar-refractivity contribution is 7.89. The second-order valence-corrected chi connectivity index (χ2v) is 7.10.